The van der Waals surface area contributed by atoms with Crippen molar-refractivity contribution in [1.29, 1.82) is 0 Å². The first kappa shape index (κ1) is 14.8. The van der Waals surface area contributed by atoms with Gasteiger partial charge >= 0.3 is 6.03 Å². The van der Waals surface area contributed by atoms with Crippen molar-refractivity contribution in [3.05, 3.63) is 22.8 Å². The third kappa shape index (κ3) is 2.79. The Morgan fingerprint density at radius 1 is 1.45 bits per heavy atom. The van der Waals surface area contributed by atoms with Gasteiger partial charge in [0.15, 0.2) is 0 Å². The largest absolute Gasteiger partial charge is 0.350 e. The van der Waals surface area contributed by atoms with E-state index in [9.17, 15) is 4.79 Å². The van der Waals surface area contributed by atoms with Crippen LogP contribution in [0.1, 0.15) is 53.4 Å². The van der Waals surface area contributed by atoms with Gasteiger partial charge in [0, 0.05) is 0 Å². The van der Waals surface area contributed by atoms with E-state index in [4.69, 9.17) is 5.73 Å². The van der Waals surface area contributed by atoms with Crippen molar-refractivity contribution in [2.45, 2.75) is 53.4 Å². The van der Waals surface area contributed by atoms with Crippen LogP contribution in [0.4, 0.5) is 4.79 Å². The smallest absolute Gasteiger partial charge is 0.332 e. The van der Waals surface area contributed by atoms with E-state index in [2.05, 4.69) is 44.3 Å². The predicted molar refractivity (Wildman–Crippen MR) is 82.4 cm³/mol. The summed E-state index contributed by atoms with van der Waals surface area (Å²) >= 11 is 0. The molecule has 3 N–H and O–H groups in total. The Labute approximate surface area is 121 Å². The predicted octanol–water partition coefficient (Wildman–Crippen LogP) is 3.50. The molecule has 4 heteroatoms. The Bertz CT molecular complexity index is 512. The van der Waals surface area contributed by atoms with E-state index in [1.165, 1.54) is 11.1 Å². The number of nitrogens with zero attached hydrogens (tertiary/aromatic N) is 1. The van der Waals surface area contributed by atoms with E-state index in [1.54, 1.807) is 5.57 Å². The SMILES string of the molecule is CC(C)=C1CCC2=C/C(=N\NC(N)=O)C[C@@H](C)[C@]2(C)C1. The lowest BCUT2D eigenvalue weighted by atomic mass is 9.59. The summed E-state index contributed by atoms with van der Waals surface area (Å²) in [5, 5.41) is 4.11. The van der Waals surface area contributed by atoms with Gasteiger partial charge in [0.2, 0.25) is 0 Å². The number of amides is 2. The van der Waals surface area contributed by atoms with Crippen molar-refractivity contribution in [2.24, 2.45) is 22.2 Å². The molecule has 0 radical (unpaired) electrons. The molecule has 20 heavy (non-hydrogen) atoms. The number of primary amides is 1. The van der Waals surface area contributed by atoms with E-state index in [-0.39, 0.29) is 5.41 Å². The van der Waals surface area contributed by atoms with Gasteiger partial charge in [-0.15, -0.1) is 0 Å². The summed E-state index contributed by atoms with van der Waals surface area (Å²) in [6.07, 6.45) is 6.44. The average molecular weight is 275 g/mol. The highest BCUT2D eigenvalue weighted by molar-refractivity contribution is 5.97. The summed E-state index contributed by atoms with van der Waals surface area (Å²) in [5.41, 5.74) is 13.1. The van der Waals surface area contributed by atoms with Gasteiger partial charge in [0.25, 0.3) is 0 Å². The molecule has 2 amide bonds. The summed E-state index contributed by atoms with van der Waals surface area (Å²) in [5.74, 6) is 0.519. The number of fused-ring (bicyclic) bond motifs is 1. The summed E-state index contributed by atoms with van der Waals surface area (Å²) in [7, 11) is 0. The second-order valence-electron chi connectivity index (χ2n) is 6.55. The van der Waals surface area contributed by atoms with Gasteiger partial charge in [-0.3, -0.25) is 0 Å². The average Bonchev–Trinajstić information content (AvgIpc) is 2.37. The van der Waals surface area contributed by atoms with Crippen LogP contribution in [0.3, 0.4) is 0 Å². The highest BCUT2D eigenvalue weighted by Crippen LogP contribution is 2.51. The Kier molecular flexibility index (Phi) is 4.02. The molecule has 2 aliphatic carbocycles. The van der Waals surface area contributed by atoms with Crippen LogP contribution >= 0.6 is 0 Å². The zero-order chi connectivity index (χ0) is 14.9. The Morgan fingerprint density at radius 2 is 2.15 bits per heavy atom. The summed E-state index contributed by atoms with van der Waals surface area (Å²) in [6.45, 7) is 9.07. The van der Waals surface area contributed by atoms with E-state index >= 15 is 0 Å². The lowest BCUT2D eigenvalue weighted by molar-refractivity contribution is 0.229. The van der Waals surface area contributed by atoms with Gasteiger partial charge in [0.05, 0.1) is 5.71 Å². The molecular formula is C16H25N3O. The number of carbonyl (C=O) groups is 1. The van der Waals surface area contributed by atoms with Gasteiger partial charge in [-0.2, -0.15) is 5.10 Å². The quantitative estimate of drug-likeness (QED) is 0.558. The summed E-state index contributed by atoms with van der Waals surface area (Å²) < 4.78 is 0. The molecule has 0 aromatic heterocycles. The number of hydrogen-bond donors (Lipinski definition) is 2. The number of hydrogen-bond acceptors (Lipinski definition) is 2. The van der Waals surface area contributed by atoms with Crippen LogP contribution in [0.15, 0.2) is 27.9 Å². The van der Waals surface area contributed by atoms with Crippen molar-refractivity contribution in [3.8, 4) is 0 Å². The molecule has 0 aromatic rings. The van der Waals surface area contributed by atoms with Crippen LogP contribution in [0.25, 0.3) is 0 Å². The molecule has 1 fully saturated rings. The van der Waals surface area contributed by atoms with Gasteiger partial charge in [-0.1, -0.05) is 30.6 Å². The van der Waals surface area contributed by atoms with E-state index in [0.717, 1.165) is 31.4 Å². The van der Waals surface area contributed by atoms with Crippen molar-refractivity contribution in [2.75, 3.05) is 0 Å². The molecule has 110 valence electrons. The molecule has 0 spiro atoms. The third-order valence-corrected chi connectivity index (χ3v) is 4.97. The van der Waals surface area contributed by atoms with Crippen LogP contribution in [0.2, 0.25) is 0 Å². The zero-order valence-corrected chi connectivity index (χ0v) is 12.9. The molecular weight excluding hydrogens is 250 g/mol. The van der Waals surface area contributed by atoms with Crippen LogP contribution in [-0.2, 0) is 0 Å². The molecule has 0 aliphatic heterocycles. The number of carbonyl (C=O) groups excluding carboxylic acids is 1. The van der Waals surface area contributed by atoms with Gasteiger partial charge < -0.3 is 5.73 Å². The molecule has 0 heterocycles. The molecule has 0 unspecified atom stereocenters. The van der Waals surface area contributed by atoms with Gasteiger partial charge in [0.1, 0.15) is 0 Å². The second-order valence-corrected chi connectivity index (χ2v) is 6.55. The topological polar surface area (TPSA) is 67.5 Å². The fraction of sp³-hybridized carbons (Fsp3) is 0.625. The maximum Gasteiger partial charge on any atom is 0.332 e. The Balaban J connectivity index is 2.29. The number of nitrogens with one attached hydrogen (secondary N) is 1. The van der Waals surface area contributed by atoms with Crippen LogP contribution in [0.5, 0.6) is 0 Å². The zero-order valence-electron chi connectivity index (χ0n) is 12.9. The third-order valence-electron chi connectivity index (χ3n) is 4.97. The standard InChI is InChI=1S/C16H25N3O/c1-10(2)12-5-6-13-8-14(18-19-15(17)20)7-11(3)16(13,4)9-12/h8,11H,5-7,9H2,1-4H3,(H3,17,19,20)/b18-14-/t11-,16+/m1/s1. The van der Waals surface area contributed by atoms with E-state index in [1.807, 2.05) is 0 Å². The first-order valence-corrected chi connectivity index (χ1v) is 7.31. The summed E-state index contributed by atoms with van der Waals surface area (Å²) in [6, 6.07) is -0.604. The normalized spacial score (nSPS) is 31.6. The fourth-order valence-corrected chi connectivity index (χ4v) is 3.37. The highest BCUT2D eigenvalue weighted by atomic mass is 16.2. The van der Waals surface area contributed by atoms with Crippen LogP contribution in [-0.4, -0.2) is 11.7 Å². The number of urea groups is 1. The Morgan fingerprint density at radius 3 is 2.75 bits per heavy atom. The molecule has 0 saturated heterocycles. The van der Waals surface area contributed by atoms with Crippen molar-refractivity contribution in [3.63, 3.8) is 0 Å². The maximum absolute atomic E-state index is 10.8. The van der Waals surface area contributed by atoms with Crippen LogP contribution in [0, 0.1) is 11.3 Å². The highest BCUT2D eigenvalue weighted by Gasteiger charge is 2.41. The number of hydrazone groups is 1. The monoisotopic (exact) mass is 275 g/mol. The molecule has 2 atom stereocenters. The molecule has 0 bridgehead atoms. The number of rotatable bonds is 1. The van der Waals surface area contributed by atoms with Crippen molar-refractivity contribution < 1.29 is 4.79 Å². The molecule has 0 aromatic carbocycles. The molecule has 4 nitrogen and oxygen atoms in total. The van der Waals surface area contributed by atoms with Gasteiger partial charge in [-0.05, 0) is 56.9 Å². The number of nitrogens with two attached hydrogens (primary N) is 1. The van der Waals surface area contributed by atoms with Crippen molar-refractivity contribution >= 4 is 11.7 Å². The minimum absolute atomic E-state index is 0.233. The van der Waals surface area contributed by atoms with Crippen LogP contribution < -0.4 is 11.2 Å². The lowest BCUT2D eigenvalue weighted by Crippen LogP contribution is -2.37. The fourth-order valence-electron chi connectivity index (χ4n) is 3.37. The van der Waals surface area contributed by atoms with E-state index in [0.29, 0.717) is 5.92 Å². The molecule has 2 rings (SSSR count). The first-order chi connectivity index (χ1) is 9.33. The van der Waals surface area contributed by atoms with Gasteiger partial charge in [-0.25, -0.2) is 10.2 Å². The minimum Gasteiger partial charge on any atom is -0.350 e. The molecule has 1 saturated carbocycles. The second kappa shape index (κ2) is 5.43. The van der Waals surface area contributed by atoms with Crippen molar-refractivity contribution in [1.82, 2.24) is 5.43 Å². The maximum atomic E-state index is 10.8. The number of allylic oxidation sites excluding steroid dienone is 4. The van der Waals surface area contributed by atoms with E-state index < -0.39 is 6.03 Å². The summed E-state index contributed by atoms with van der Waals surface area (Å²) in [4.78, 5) is 10.8. The first-order valence-electron chi connectivity index (χ1n) is 7.31. The Hall–Kier alpha value is -1.58. The minimum atomic E-state index is -0.604. The lowest BCUT2D eigenvalue weighted by Gasteiger charge is -2.45. The molecule has 2 aliphatic rings.